The first-order chi connectivity index (χ1) is 12.1. The lowest BCUT2D eigenvalue weighted by Crippen LogP contribution is -2.42. The molecule has 1 N–H and O–H groups in total. The summed E-state index contributed by atoms with van der Waals surface area (Å²) in [6, 6.07) is 15.1. The molecule has 0 aromatic heterocycles. The van der Waals surface area contributed by atoms with Gasteiger partial charge in [-0.05, 0) is 56.2 Å². The van der Waals surface area contributed by atoms with Crippen LogP contribution < -0.4 is 9.47 Å². The largest absolute Gasteiger partial charge is 0.484 e. The Kier molecular flexibility index (Phi) is 5.56. The van der Waals surface area contributed by atoms with Crippen LogP contribution in [0.4, 0.5) is 0 Å². The zero-order valence-corrected chi connectivity index (χ0v) is 14.4. The van der Waals surface area contributed by atoms with E-state index in [1.165, 1.54) is 5.56 Å². The van der Waals surface area contributed by atoms with E-state index >= 15 is 0 Å². The number of amides is 1. The first-order valence-corrected chi connectivity index (χ1v) is 8.53. The number of carbonyl (C=O) groups excluding carboxylic acids is 1. The normalized spacial score (nSPS) is 15.0. The van der Waals surface area contributed by atoms with Gasteiger partial charge < -0.3 is 19.5 Å². The second-order valence-electron chi connectivity index (χ2n) is 6.29. The SMILES string of the molecule is Cc1ccc(Oc2ccc(OCC(=O)N3CCC(O)CC3)cc2)cc1. The number of benzene rings is 2. The van der Waals surface area contributed by atoms with Gasteiger partial charge in [0.2, 0.25) is 0 Å². The van der Waals surface area contributed by atoms with Crippen molar-refractivity contribution >= 4 is 5.91 Å². The molecule has 1 amide bonds. The van der Waals surface area contributed by atoms with Crippen molar-refractivity contribution in [1.29, 1.82) is 0 Å². The van der Waals surface area contributed by atoms with Gasteiger partial charge in [0.25, 0.3) is 5.91 Å². The van der Waals surface area contributed by atoms with Crippen LogP contribution in [0.1, 0.15) is 18.4 Å². The molecule has 0 spiro atoms. The molecule has 0 radical (unpaired) electrons. The monoisotopic (exact) mass is 341 g/mol. The van der Waals surface area contributed by atoms with Crippen LogP contribution in [0.25, 0.3) is 0 Å². The summed E-state index contributed by atoms with van der Waals surface area (Å²) in [6.07, 6.45) is 0.985. The fraction of sp³-hybridized carbons (Fsp3) is 0.350. The highest BCUT2D eigenvalue weighted by atomic mass is 16.5. The van der Waals surface area contributed by atoms with Crippen molar-refractivity contribution < 1.29 is 19.4 Å². The van der Waals surface area contributed by atoms with Crippen LogP contribution in [-0.4, -0.2) is 41.7 Å². The first-order valence-electron chi connectivity index (χ1n) is 8.53. The molecule has 132 valence electrons. The molecule has 1 heterocycles. The average Bonchev–Trinajstić information content (AvgIpc) is 2.63. The van der Waals surface area contributed by atoms with Crippen LogP contribution in [0.2, 0.25) is 0 Å². The summed E-state index contributed by atoms with van der Waals surface area (Å²) in [5.74, 6) is 2.07. The maximum atomic E-state index is 12.1. The molecular formula is C20H23NO4. The Morgan fingerprint density at radius 1 is 1.00 bits per heavy atom. The van der Waals surface area contributed by atoms with E-state index in [0.717, 1.165) is 5.75 Å². The van der Waals surface area contributed by atoms with Crippen LogP contribution in [0.15, 0.2) is 48.5 Å². The Morgan fingerprint density at radius 3 is 2.12 bits per heavy atom. The van der Waals surface area contributed by atoms with Gasteiger partial charge in [0.15, 0.2) is 6.61 Å². The van der Waals surface area contributed by atoms with Gasteiger partial charge in [-0.3, -0.25) is 4.79 Å². The van der Waals surface area contributed by atoms with Crippen molar-refractivity contribution in [2.24, 2.45) is 0 Å². The molecule has 0 atom stereocenters. The lowest BCUT2D eigenvalue weighted by Gasteiger charge is -2.29. The van der Waals surface area contributed by atoms with Crippen LogP contribution in [-0.2, 0) is 4.79 Å². The molecule has 1 aliphatic rings. The van der Waals surface area contributed by atoms with Crippen molar-refractivity contribution in [3.8, 4) is 17.2 Å². The number of hydrogen-bond acceptors (Lipinski definition) is 4. The standard InChI is InChI=1S/C20H23NO4/c1-15-2-4-18(5-3-15)25-19-8-6-17(7-9-19)24-14-20(23)21-12-10-16(22)11-13-21/h2-9,16,22H,10-14H2,1H3. The minimum Gasteiger partial charge on any atom is -0.484 e. The molecule has 0 saturated carbocycles. The van der Waals surface area contributed by atoms with Crippen molar-refractivity contribution in [3.05, 3.63) is 54.1 Å². The Labute approximate surface area is 147 Å². The molecule has 5 heteroatoms. The van der Waals surface area contributed by atoms with Gasteiger partial charge in [-0.15, -0.1) is 0 Å². The van der Waals surface area contributed by atoms with Crippen molar-refractivity contribution in [2.75, 3.05) is 19.7 Å². The minimum atomic E-state index is -0.286. The fourth-order valence-corrected chi connectivity index (χ4v) is 2.70. The predicted molar refractivity (Wildman–Crippen MR) is 95.0 cm³/mol. The summed E-state index contributed by atoms with van der Waals surface area (Å²) >= 11 is 0. The smallest absolute Gasteiger partial charge is 0.260 e. The van der Waals surface area contributed by atoms with Gasteiger partial charge >= 0.3 is 0 Å². The number of rotatable bonds is 5. The highest BCUT2D eigenvalue weighted by Gasteiger charge is 2.21. The molecular weight excluding hydrogens is 318 g/mol. The topological polar surface area (TPSA) is 59.0 Å². The summed E-state index contributed by atoms with van der Waals surface area (Å²) in [6.45, 7) is 3.22. The number of hydrogen-bond donors (Lipinski definition) is 1. The highest BCUT2D eigenvalue weighted by Crippen LogP contribution is 2.24. The summed E-state index contributed by atoms with van der Waals surface area (Å²) in [4.78, 5) is 13.8. The minimum absolute atomic E-state index is 0.00820. The number of piperidine rings is 1. The van der Waals surface area contributed by atoms with Gasteiger partial charge in [-0.2, -0.15) is 0 Å². The van der Waals surface area contributed by atoms with Crippen LogP contribution >= 0.6 is 0 Å². The number of carbonyl (C=O) groups is 1. The van der Waals surface area contributed by atoms with E-state index in [-0.39, 0.29) is 18.6 Å². The Bertz CT molecular complexity index is 689. The molecule has 2 aromatic rings. The van der Waals surface area contributed by atoms with Gasteiger partial charge in [-0.1, -0.05) is 17.7 Å². The fourth-order valence-electron chi connectivity index (χ4n) is 2.70. The van der Waals surface area contributed by atoms with Gasteiger partial charge in [0.1, 0.15) is 17.2 Å². The zero-order chi connectivity index (χ0) is 17.6. The summed E-state index contributed by atoms with van der Waals surface area (Å²) < 4.78 is 11.3. The van der Waals surface area contributed by atoms with E-state index < -0.39 is 0 Å². The number of aliphatic hydroxyl groups is 1. The Morgan fingerprint density at radius 2 is 1.52 bits per heavy atom. The third-order valence-corrected chi connectivity index (χ3v) is 4.26. The van der Waals surface area contributed by atoms with E-state index in [1.54, 1.807) is 17.0 Å². The van der Waals surface area contributed by atoms with E-state index in [4.69, 9.17) is 9.47 Å². The van der Waals surface area contributed by atoms with Gasteiger partial charge in [-0.25, -0.2) is 0 Å². The molecule has 1 fully saturated rings. The number of aryl methyl sites for hydroxylation is 1. The molecule has 0 aliphatic carbocycles. The van der Waals surface area contributed by atoms with Crippen LogP contribution in [0.5, 0.6) is 17.2 Å². The Balaban J connectivity index is 1.49. The number of aliphatic hydroxyl groups excluding tert-OH is 1. The lowest BCUT2D eigenvalue weighted by molar-refractivity contribution is -0.135. The number of nitrogens with zero attached hydrogens (tertiary/aromatic N) is 1. The number of ether oxygens (including phenoxy) is 2. The van der Waals surface area contributed by atoms with E-state index in [2.05, 4.69) is 0 Å². The predicted octanol–water partition coefficient (Wildman–Crippen LogP) is 3.15. The molecule has 3 rings (SSSR count). The van der Waals surface area contributed by atoms with Crippen molar-refractivity contribution in [3.63, 3.8) is 0 Å². The molecule has 0 unspecified atom stereocenters. The van der Waals surface area contributed by atoms with Crippen molar-refractivity contribution in [2.45, 2.75) is 25.9 Å². The molecule has 25 heavy (non-hydrogen) atoms. The lowest BCUT2D eigenvalue weighted by atomic mass is 10.1. The van der Waals surface area contributed by atoms with E-state index in [9.17, 15) is 9.90 Å². The van der Waals surface area contributed by atoms with Gasteiger partial charge in [0, 0.05) is 13.1 Å². The van der Waals surface area contributed by atoms with E-state index in [0.29, 0.717) is 37.4 Å². The second kappa shape index (κ2) is 8.03. The Hall–Kier alpha value is -2.53. The second-order valence-corrected chi connectivity index (χ2v) is 6.29. The zero-order valence-electron chi connectivity index (χ0n) is 14.4. The first kappa shape index (κ1) is 17.3. The molecule has 2 aromatic carbocycles. The maximum absolute atomic E-state index is 12.1. The van der Waals surface area contributed by atoms with Crippen molar-refractivity contribution in [1.82, 2.24) is 4.90 Å². The highest BCUT2D eigenvalue weighted by molar-refractivity contribution is 5.77. The van der Waals surface area contributed by atoms with E-state index in [1.807, 2.05) is 43.3 Å². The molecule has 0 bridgehead atoms. The number of likely N-dealkylation sites (tertiary alicyclic amines) is 1. The molecule has 1 saturated heterocycles. The van der Waals surface area contributed by atoms with Crippen LogP contribution in [0, 0.1) is 6.92 Å². The average molecular weight is 341 g/mol. The summed E-state index contributed by atoms with van der Waals surface area (Å²) in [5.41, 5.74) is 1.18. The summed E-state index contributed by atoms with van der Waals surface area (Å²) in [5, 5.41) is 9.48. The molecule has 5 nitrogen and oxygen atoms in total. The third-order valence-electron chi connectivity index (χ3n) is 4.26. The summed E-state index contributed by atoms with van der Waals surface area (Å²) in [7, 11) is 0. The maximum Gasteiger partial charge on any atom is 0.260 e. The van der Waals surface area contributed by atoms with Crippen LogP contribution in [0.3, 0.4) is 0 Å². The quantitative estimate of drug-likeness (QED) is 0.908. The van der Waals surface area contributed by atoms with Gasteiger partial charge in [0.05, 0.1) is 6.10 Å². The molecule has 1 aliphatic heterocycles. The third kappa shape index (κ3) is 4.97.